The van der Waals surface area contributed by atoms with E-state index in [1.807, 2.05) is 0 Å². The average molecular weight is 1170 g/mol. The van der Waals surface area contributed by atoms with Gasteiger partial charge in [0.05, 0.1) is 22.8 Å². The first-order valence-electron chi connectivity index (χ1n) is 26.3. The van der Waals surface area contributed by atoms with Gasteiger partial charge in [-0.25, -0.2) is 9.97 Å². The molecule has 0 spiro atoms. The number of aromatic nitrogens is 4. The molecule has 4 nitrogen and oxygen atoms in total. The molecule has 372 valence electrons. The van der Waals surface area contributed by atoms with Gasteiger partial charge in [-0.2, -0.15) is 0 Å². The van der Waals surface area contributed by atoms with E-state index >= 15 is 0 Å². The molecule has 0 aliphatic carbocycles. The molecule has 2 aliphatic rings. The van der Waals surface area contributed by atoms with Gasteiger partial charge in [-0.15, -0.1) is 0 Å². The van der Waals surface area contributed by atoms with Crippen LogP contribution in [0.2, 0.25) is 0 Å². The first-order valence-corrected chi connectivity index (χ1v) is 26.3. The molecule has 0 unspecified atom stereocenters. The van der Waals surface area contributed by atoms with Crippen LogP contribution in [0.25, 0.3) is 66.6 Å². The number of nitrogens with one attached hydrogen (secondary N) is 2. The Morgan fingerprint density at radius 3 is 0.831 bits per heavy atom. The maximum atomic E-state index is 5.82. The van der Waals surface area contributed by atoms with Crippen LogP contribution < -0.4 is 0 Å². The van der Waals surface area contributed by atoms with Crippen LogP contribution in [0.3, 0.4) is 0 Å². The van der Waals surface area contributed by atoms with E-state index in [4.69, 9.17) is 9.97 Å². The summed E-state index contributed by atoms with van der Waals surface area (Å²) in [6.07, 6.45) is 2.78. The smallest absolute Gasteiger partial charge is 0.0739 e. The zero-order valence-electron chi connectivity index (χ0n) is 42.4. The second-order valence-corrected chi connectivity index (χ2v) is 19.8. The van der Waals surface area contributed by atoms with Gasteiger partial charge >= 0.3 is 0 Å². The molecule has 11 aromatic rings. The Bertz CT molecular complexity index is 3820. The molecular weight excluding hydrogens is 1120 g/mol. The molecule has 5 heterocycles. The maximum absolute atomic E-state index is 5.82. The number of fused-ring (bicyclic) bond motifs is 8. The van der Waals surface area contributed by atoms with E-state index in [0.29, 0.717) is 25.7 Å². The summed E-state index contributed by atoms with van der Waals surface area (Å²) in [4.78, 5) is 19.8. The molecule has 13 rings (SSSR count). The summed E-state index contributed by atoms with van der Waals surface area (Å²) < 4.78 is 0. The molecule has 0 radical (unpaired) electrons. The summed E-state index contributed by atoms with van der Waals surface area (Å²) in [7, 11) is 0. The van der Waals surface area contributed by atoms with E-state index in [2.05, 4.69) is 277 Å². The molecule has 77 heavy (non-hydrogen) atoms. The zero-order chi connectivity index (χ0) is 50.6. The molecule has 0 atom stereocenters. The monoisotopic (exact) mass is 1170 g/mol. The van der Waals surface area contributed by atoms with Gasteiger partial charge in [-0.3, -0.25) is 0 Å². The predicted molar refractivity (Wildman–Crippen MR) is 315 cm³/mol. The standard InChI is InChI=1S/C72H54N4.Pt/c1-9-25-49(26-10-1)41-57-61-45-66-70(54-35-19-6-20-36-54)59(43-51-29-13-3-14-30-51)63(74-66)47-68-72(56-39-23-8-24-40-56)60(44-52-31-15-4-16-32-52)64(76-68)48-67-71(55-37-21-7-22-38-55)58(42-50-27-11-2-12-28-50)62(75-67)46-65(73-61)69(57)53-33-17-5-18-34-53;/h1-40,45-48,73,76H,41-44H2;. The number of hydrogen-bond acceptors (Lipinski definition) is 2. The Kier molecular flexibility index (Phi) is 14.0. The Morgan fingerprint density at radius 2 is 0.519 bits per heavy atom. The third-order valence-corrected chi connectivity index (χ3v) is 14.8. The largest absolute Gasteiger partial charge is 0.355 e. The second kappa shape index (κ2) is 22.1. The van der Waals surface area contributed by atoms with Gasteiger partial charge in [0.1, 0.15) is 0 Å². The SMILES string of the molecule is [Pt].c1ccc(CC2=C(c3ccccc3)c3cc4[nH]c(cc5nc(cc6[nH]c(cc2n3)c(-c2ccccc2)c6Cc2ccccc2)C(c2ccccc2)=C5Cc2ccccc2)c(-c2ccccc2)c4Cc2ccccc2)cc1. The number of hydrogen-bond donors (Lipinski definition) is 2. The van der Waals surface area contributed by atoms with E-state index in [0.717, 1.165) is 89.4 Å². The minimum Gasteiger partial charge on any atom is -0.355 e. The molecule has 0 fully saturated rings. The number of nitrogens with zero attached hydrogens (tertiary/aromatic N) is 2. The Hall–Kier alpha value is -8.95. The number of benzene rings is 8. The van der Waals surface area contributed by atoms with Gasteiger partial charge in [0.2, 0.25) is 0 Å². The van der Waals surface area contributed by atoms with E-state index in [1.54, 1.807) is 0 Å². The van der Waals surface area contributed by atoms with Crippen LogP contribution >= 0.6 is 0 Å². The van der Waals surface area contributed by atoms with Gasteiger partial charge in [-0.05, 0) is 91.0 Å². The van der Waals surface area contributed by atoms with Crippen molar-refractivity contribution in [1.29, 1.82) is 0 Å². The number of H-pyrrole nitrogens is 2. The molecular formula is C72H54N4Pt. The molecule has 0 amide bonds. The third-order valence-electron chi connectivity index (χ3n) is 14.8. The summed E-state index contributed by atoms with van der Waals surface area (Å²) in [5, 5.41) is 0. The minimum absolute atomic E-state index is 0. The van der Waals surface area contributed by atoms with Crippen LogP contribution in [-0.4, -0.2) is 19.9 Å². The Balaban J connectivity index is 0.00000596. The molecule has 8 bridgehead atoms. The van der Waals surface area contributed by atoms with Crippen molar-refractivity contribution in [2.75, 3.05) is 0 Å². The first-order chi connectivity index (χ1) is 37.7. The van der Waals surface area contributed by atoms with Crippen molar-refractivity contribution in [3.8, 4) is 22.3 Å². The van der Waals surface area contributed by atoms with E-state index < -0.39 is 0 Å². The van der Waals surface area contributed by atoms with Crippen molar-refractivity contribution >= 4 is 44.4 Å². The molecule has 2 N–H and O–H groups in total. The summed E-state index contributed by atoms with van der Waals surface area (Å²) in [6.45, 7) is 0. The molecule has 5 heteroatoms. The number of allylic oxidation sites excluding steroid dienone is 2. The van der Waals surface area contributed by atoms with E-state index in [1.165, 1.54) is 44.5 Å². The van der Waals surface area contributed by atoms with Crippen LogP contribution in [0.15, 0.2) is 267 Å². The molecule has 2 aliphatic heterocycles. The van der Waals surface area contributed by atoms with Gasteiger partial charge in [0.25, 0.3) is 0 Å². The fourth-order valence-electron chi connectivity index (χ4n) is 11.3. The van der Waals surface area contributed by atoms with Gasteiger partial charge in [-0.1, -0.05) is 243 Å². The van der Waals surface area contributed by atoms with Crippen LogP contribution in [-0.2, 0) is 46.7 Å². The van der Waals surface area contributed by atoms with Crippen molar-refractivity contribution in [3.05, 3.63) is 334 Å². The molecule has 0 saturated carbocycles. The average Bonchev–Trinajstić information content (AvgIpc) is 4.20. The molecule has 3 aromatic heterocycles. The predicted octanol–water partition coefficient (Wildman–Crippen LogP) is 17.2. The fourth-order valence-corrected chi connectivity index (χ4v) is 11.3. The summed E-state index contributed by atoms with van der Waals surface area (Å²) in [5.74, 6) is 0. The zero-order valence-corrected chi connectivity index (χ0v) is 44.7. The third kappa shape index (κ3) is 10.2. The molecule has 8 aromatic carbocycles. The number of rotatable bonds is 12. The van der Waals surface area contributed by atoms with Crippen molar-refractivity contribution in [2.24, 2.45) is 0 Å². The first kappa shape index (κ1) is 49.0. The second-order valence-electron chi connectivity index (χ2n) is 19.8. The van der Waals surface area contributed by atoms with E-state index in [-0.39, 0.29) is 21.1 Å². The van der Waals surface area contributed by atoms with Gasteiger partial charge in [0.15, 0.2) is 0 Å². The van der Waals surface area contributed by atoms with E-state index in [9.17, 15) is 0 Å². The topological polar surface area (TPSA) is 57.4 Å². The van der Waals surface area contributed by atoms with Crippen LogP contribution in [0.4, 0.5) is 0 Å². The quantitative estimate of drug-likeness (QED) is 0.128. The summed E-state index contributed by atoms with van der Waals surface area (Å²) in [5.41, 5.74) is 26.4. The van der Waals surface area contributed by atoms with Crippen LogP contribution in [0.5, 0.6) is 0 Å². The van der Waals surface area contributed by atoms with Crippen LogP contribution in [0.1, 0.15) is 67.3 Å². The fraction of sp³-hybridized carbons (Fsp3) is 0.0556. The summed E-state index contributed by atoms with van der Waals surface area (Å²) in [6, 6.07) is 96.0. The maximum Gasteiger partial charge on any atom is 0.0739 e. The number of aromatic amines is 2. The van der Waals surface area contributed by atoms with Crippen LogP contribution in [0, 0.1) is 0 Å². The minimum atomic E-state index is 0. The summed E-state index contributed by atoms with van der Waals surface area (Å²) >= 11 is 0. The van der Waals surface area contributed by atoms with Gasteiger partial charge < -0.3 is 9.97 Å². The molecule has 0 saturated heterocycles. The Labute approximate surface area is 464 Å². The normalized spacial score (nSPS) is 12.2. The van der Waals surface area contributed by atoms with Gasteiger partial charge in [0, 0.05) is 91.1 Å². The Morgan fingerprint density at radius 1 is 0.260 bits per heavy atom. The van der Waals surface area contributed by atoms with Crippen molar-refractivity contribution in [3.63, 3.8) is 0 Å². The van der Waals surface area contributed by atoms with Crippen molar-refractivity contribution < 1.29 is 21.1 Å². The van der Waals surface area contributed by atoms with Crippen molar-refractivity contribution in [1.82, 2.24) is 19.9 Å². The van der Waals surface area contributed by atoms with Crippen molar-refractivity contribution in [2.45, 2.75) is 25.7 Å².